The van der Waals surface area contributed by atoms with Gasteiger partial charge in [0.1, 0.15) is 12.1 Å². The number of hydrogen-bond donors (Lipinski definition) is 2. The number of likely N-dealkylation sites (N-methyl/N-ethyl adjacent to an activating group) is 1. The highest BCUT2D eigenvalue weighted by atomic mass is 16.2. The van der Waals surface area contributed by atoms with Crippen molar-refractivity contribution in [2.24, 2.45) is 0 Å². The maximum atomic E-state index is 13.2. The highest BCUT2D eigenvalue weighted by Gasteiger charge is 2.42. The Bertz CT molecular complexity index is 1100. The molecule has 0 saturated carbocycles. The minimum atomic E-state index is -0.975. The van der Waals surface area contributed by atoms with Gasteiger partial charge in [0.15, 0.2) is 0 Å². The second-order valence-corrected chi connectivity index (χ2v) is 8.75. The zero-order valence-electron chi connectivity index (χ0n) is 19.0. The summed E-state index contributed by atoms with van der Waals surface area (Å²) in [5.74, 6) is -0.754. The van der Waals surface area contributed by atoms with Crippen LogP contribution in [-0.2, 0) is 27.3 Å². The van der Waals surface area contributed by atoms with Crippen LogP contribution in [0, 0.1) is 0 Å². The Hall–Kier alpha value is -3.68. The molecule has 2 atom stereocenters. The van der Waals surface area contributed by atoms with Gasteiger partial charge in [-0.15, -0.1) is 0 Å². The molecule has 8 nitrogen and oxygen atoms in total. The van der Waals surface area contributed by atoms with E-state index in [2.05, 4.69) is 24.5 Å². The van der Waals surface area contributed by atoms with Crippen LogP contribution in [0.2, 0.25) is 0 Å². The van der Waals surface area contributed by atoms with Crippen molar-refractivity contribution < 1.29 is 19.2 Å². The van der Waals surface area contributed by atoms with Crippen LogP contribution in [0.3, 0.4) is 0 Å². The Balaban J connectivity index is 1.51. The lowest BCUT2D eigenvalue weighted by Crippen LogP contribution is -2.53. The highest BCUT2D eigenvalue weighted by molar-refractivity contribution is 6.22. The van der Waals surface area contributed by atoms with E-state index in [1.54, 1.807) is 12.1 Å². The van der Waals surface area contributed by atoms with E-state index in [9.17, 15) is 19.2 Å². The number of amides is 5. The van der Waals surface area contributed by atoms with Crippen LogP contribution in [0.25, 0.3) is 0 Å². The normalized spacial score (nSPS) is 20.0. The van der Waals surface area contributed by atoms with Crippen LogP contribution in [0.15, 0.2) is 48.5 Å². The van der Waals surface area contributed by atoms with Gasteiger partial charge in [-0.2, -0.15) is 0 Å². The molecule has 1 saturated heterocycles. The topological polar surface area (TPSA) is 98.8 Å². The Morgan fingerprint density at radius 2 is 1.73 bits per heavy atom. The quantitative estimate of drug-likeness (QED) is 0.686. The second-order valence-electron chi connectivity index (χ2n) is 8.75. The predicted octanol–water partition coefficient (Wildman–Crippen LogP) is 2.32. The Labute approximate surface area is 192 Å². The van der Waals surface area contributed by atoms with Crippen molar-refractivity contribution >= 4 is 29.4 Å². The van der Waals surface area contributed by atoms with E-state index in [1.807, 2.05) is 36.4 Å². The fraction of sp³-hybridized carbons (Fsp3) is 0.360. The number of nitrogens with zero attached hydrogens (tertiary/aromatic N) is 2. The third-order valence-corrected chi connectivity index (χ3v) is 6.33. The minimum absolute atomic E-state index is 0.208. The average molecular weight is 449 g/mol. The maximum absolute atomic E-state index is 13.2. The molecule has 4 rings (SSSR count). The van der Waals surface area contributed by atoms with Crippen molar-refractivity contribution in [1.29, 1.82) is 0 Å². The molecule has 1 fully saturated rings. The maximum Gasteiger partial charge on any atom is 0.329 e. The van der Waals surface area contributed by atoms with Crippen molar-refractivity contribution in [1.82, 2.24) is 15.5 Å². The molecule has 0 aromatic heterocycles. The molecule has 0 aliphatic carbocycles. The third kappa shape index (κ3) is 4.33. The van der Waals surface area contributed by atoms with Gasteiger partial charge >= 0.3 is 6.03 Å². The minimum Gasteiger partial charge on any atom is -0.357 e. The van der Waals surface area contributed by atoms with Crippen molar-refractivity contribution in [3.63, 3.8) is 0 Å². The van der Waals surface area contributed by atoms with E-state index in [0.29, 0.717) is 18.0 Å². The zero-order valence-corrected chi connectivity index (χ0v) is 19.0. The summed E-state index contributed by atoms with van der Waals surface area (Å²) >= 11 is 0. The van der Waals surface area contributed by atoms with Gasteiger partial charge in [0.25, 0.3) is 5.91 Å². The zero-order chi connectivity index (χ0) is 23.7. The van der Waals surface area contributed by atoms with Crippen LogP contribution < -0.4 is 15.5 Å². The first kappa shape index (κ1) is 22.5. The van der Waals surface area contributed by atoms with E-state index in [1.165, 1.54) is 11.9 Å². The van der Waals surface area contributed by atoms with E-state index >= 15 is 0 Å². The average Bonchev–Trinajstić information content (AvgIpc) is 3.10. The molecule has 2 aliphatic heterocycles. The summed E-state index contributed by atoms with van der Waals surface area (Å²) in [7, 11) is 1.54. The summed E-state index contributed by atoms with van der Waals surface area (Å²) in [6.07, 6.45) is 0.196. The SMILES string of the molecule is CNC(=O)[C@H]1Cc2ccccc2CN1C(=O)C[C@@H]1NC(=O)N(c2ccc(C(C)C)cc2)C1=O. The molecule has 0 bridgehead atoms. The molecule has 2 heterocycles. The molecule has 5 amide bonds. The van der Waals surface area contributed by atoms with Gasteiger partial charge in [-0.25, -0.2) is 9.69 Å². The first-order valence-electron chi connectivity index (χ1n) is 11.1. The molecule has 172 valence electrons. The largest absolute Gasteiger partial charge is 0.357 e. The van der Waals surface area contributed by atoms with Gasteiger partial charge in [-0.1, -0.05) is 50.2 Å². The molecule has 8 heteroatoms. The molecular formula is C25H28N4O4. The summed E-state index contributed by atoms with van der Waals surface area (Å²) in [5, 5.41) is 5.25. The van der Waals surface area contributed by atoms with E-state index in [-0.39, 0.29) is 24.8 Å². The summed E-state index contributed by atoms with van der Waals surface area (Å²) in [6, 6.07) is 12.7. The fourth-order valence-electron chi connectivity index (χ4n) is 4.40. The number of carbonyl (C=O) groups excluding carboxylic acids is 4. The van der Waals surface area contributed by atoms with Gasteiger partial charge in [0.2, 0.25) is 11.8 Å². The first-order valence-corrected chi connectivity index (χ1v) is 11.1. The third-order valence-electron chi connectivity index (χ3n) is 6.33. The number of hydrogen-bond acceptors (Lipinski definition) is 4. The lowest BCUT2D eigenvalue weighted by atomic mass is 9.93. The Kier molecular flexibility index (Phi) is 6.18. The van der Waals surface area contributed by atoms with Crippen molar-refractivity contribution in [2.75, 3.05) is 11.9 Å². The standard InChI is InChI=1S/C25H28N4O4/c1-15(2)16-8-10-19(11-9-16)29-24(32)20(27-25(29)33)13-22(30)28-14-18-7-5-4-6-17(18)12-21(28)23(31)26-3/h4-11,15,20-21H,12-14H2,1-3H3,(H,26,31)(H,27,33)/t20-,21+/m0/s1. The Morgan fingerprint density at radius 3 is 2.36 bits per heavy atom. The summed E-state index contributed by atoms with van der Waals surface area (Å²) in [6.45, 7) is 4.41. The summed E-state index contributed by atoms with van der Waals surface area (Å²) in [5.41, 5.74) is 3.56. The molecule has 0 unspecified atom stereocenters. The molecule has 2 aliphatic rings. The number of imide groups is 1. The number of carbonyl (C=O) groups is 4. The molecular weight excluding hydrogens is 420 g/mol. The van der Waals surface area contributed by atoms with E-state index in [4.69, 9.17) is 0 Å². The Morgan fingerprint density at radius 1 is 1.06 bits per heavy atom. The van der Waals surface area contributed by atoms with Crippen LogP contribution in [0.5, 0.6) is 0 Å². The van der Waals surface area contributed by atoms with Crippen molar-refractivity contribution in [2.45, 2.75) is 51.2 Å². The van der Waals surface area contributed by atoms with E-state index < -0.39 is 24.0 Å². The number of benzene rings is 2. The van der Waals surface area contributed by atoms with Crippen LogP contribution in [0.1, 0.15) is 42.9 Å². The number of nitrogens with one attached hydrogen (secondary N) is 2. The van der Waals surface area contributed by atoms with Crippen LogP contribution in [0.4, 0.5) is 10.5 Å². The van der Waals surface area contributed by atoms with Crippen LogP contribution in [-0.4, -0.2) is 47.8 Å². The highest BCUT2D eigenvalue weighted by Crippen LogP contribution is 2.27. The van der Waals surface area contributed by atoms with Crippen LogP contribution >= 0.6 is 0 Å². The number of fused-ring (bicyclic) bond motifs is 1. The van der Waals surface area contributed by atoms with E-state index in [0.717, 1.165) is 21.6 Å². The first-order chi connectivity index (χ1) is 15.8. The number of urea groups is 1. The van der Waals surface area contributed by atoms with Gasteiger partial charge in [-0.3, -0.25) is 14.4 Å². The van der Waals surface area contributed by atoms with Crippen molar-refractivity contribution in [3.05, 3.63) is 65.2 Å². The molecule has 0 radical (unpaired) electrons. The van der Waals surface area contributed by atoms with Gasteiger partial charge in [0, 0.05) is 20.0 Å². The molecule has 33 heavy (non-hydrogen) atoms. The van der Waals surface area contributed by atoms with Gasteiger partial charge in [-0.05, 0) is 34.7 Å². The number of anilines is 1. The monoisotopic (exact) mass is 448 g/mol. The summed E-state index contributed by atoms with van der Waals surface area (Å²) < 4.78 is 0. The lowest BCUT2D eigenvalue weighted by Gasteiger charge is -2.36. The van der Waals surface area contributed by atoms with Crippen molar-refractivity contribution in [3.8, 4) is 0 Å². The van der Waals surface area contributed by atoms with Gasteiger partial charge in [0.05, 0.1) is 12.1 Å². The predicted molar refractivity (Wildman–Crippen MR) is 124 cm³/mol. The number of rotatable bonds is 5. The second kappa shape index (κ2) is 9.05. The lowest BCUT2D eigenvalue weighted by molar-refractivity contribution is -0.142. The van der Waals surface area contributed by atoms with Gasteiger partial charge < -0.3 is 15.5 Å². The fourth-order valence-corrected chi connectivity index (χ4v) is 4.40. The summed E-state index contributed by atoms with van der Waals surface area (Å²) in [4.78, 5) is 53.9. The smallest absolute Gasteiger partial charge is 0.329 e. The molecule has 0 spiro atoms. The molecule has 2 aromatic rings. The molecule has 2 N–H and O–H groups in total. The molecule has 2 aromatic carbocycles.